The molecule has 0 saturated carbocycles. The van der Waals surface area contributed by atoms with Crippen molar-refractivity contribution < 1.29 is 28.8 Å². The molecule has 4 rings (SSSR count). The summed E-state index contributed by atoms with van der Waals surface area (Å²) in [5.74, 6) is -1.43. The number of carbonyl (C=O) groups is 6. The highest BCUT2D eigenvalue weighted by Crippen LogP contribution is 2.28. The van der Waals surface area contributed by atoms with Crippen LogP contribution in [0.1, 0.15) is 32.1 Å². The number of rotatable bonds is 9. The molecule has 4 saturated heterocycles. The first-order chi connectivity index (χ1) is 16.3. The second kappa shape index (κ2) is 10.4. The van der Waals surface area contributed by atoms with Crippen molar-refractivity contribution in [2.75, 3.05) is 24.6 Å². The molecular formula is C20H28N6O6S2. The highest BCUT2D eigenvalue weighted by molar-refractivity contribution is 8.76. The van der Waals surface area contributed by atoms with Crippen molar-refractivity contribution in [1.82, 2.24) is 25.8 Å². The largest absolute Gasteiger partial charge is 0.368 e. The molecule has 0 spiro atoms. The van der Waals surface area contributed by atoms with E-state index in [0.717, 1.165) is 6.42 Å². The molecule has 0 radical (unpaired) electrons. The molecule has 4 fully saturated rings. The van der Waals surface area contributed by atoms with Crippen LogP contribution in [0.4, 0.5) is 0 Å². The molecule has 186 valence electrons. The van der Waals surface area contributed by atoms with Gasteiger partial charge in [0.05, 0.1) is 6.42 Å². The molecule has 12 nitrogen and oxygen atoms in total. The summed E-state index contributed by atoms with van der Waals surface area (Å²) in [6, 6.07) is -3.33. The van der Waals surface area contributed by atoms with Crippen LogP contribution in [-0.2, 0) is 28.8 Å². The molecular weight excluding hydrogens is 484 g/mol. The molecule has 4 aliphatic heterocycles. The lowest BCUT2D eigenvalue weighted by atomic mass is 10.1. The summed E-state index contributed by atoms with van der Waals surface area (Å²) in [5, 5.41) is 7.94. The van der Waals surface area contributed by atoms with Crippen molar-refractivity contribution in [2.24, 2.45) is 5.73 Å². The summed E-state index contributed by atoms with van der Waals surface area (Å²) in [5.41, 5.74) is 5.44. The van der Waals surface area contributed by atoms with Crippen LogP contribution in [0.5, 0.6) is 0 Å². The fourth-order valence-electron chi connectivity index (χ4n) is 4.67. The van der Waals surface area contributed by atoms with Gasteiger partial charge in [0, 0.05) is 24.6 Å². The number of hydrogen-bond donors (Lipinski definition) is 4. The minimum atomic E-state index is -0.929. The van der Waals surface area contributed by atoms with Crippen molar-refractivity contribution in [3.8, 4) is 0 Å². The van der Waals surface area contributed by atoms with Crippen molar-refractivity contribution >= 4 is 57.0 Å². The second-order valence-electron chi connectivity index (χ2n) is 8.80. The number of likely N-dealkylation sites (tertiary alicyclic amines) is 1. The van der Waals surface area contributed by atoms with Gasteiger partial charge in [0.25, 0.3) is 0 Å². The third-order valence-electron chi connectivity index (χ3n) is 6.53. The van der Waals surface area contributed by atoms with Crippen LogP contribution in [0.3, 0.4) is 0 Å². The average Bonchev–Trinajstić information content (AvgIpc) is 3.46. The van der Waals surface area contributed by atoms with Crippen molar-refractivity contribution in [1.29, 1.82) is 0 Å². The lowest BCUT2D eigenvalue weighted by Crippen LogP contribution is -2.62. The SMILES string of the molecule is NC(=O)[C@H]1CCCN1C(=O)C(CSSC[C@@H]1NC(=O)C2CCCN2C1=O)NC(=O)C1CC(=O)N1. The van der Waals surface area contributed by atoms with Crippen LogP contribution in [0.15, 0.2) is 0 Å². The normalized spacial score (nSPS) is 29.1. The summed E-state index contributed by atoms with van der Waals surface area (Å²) >= 11 is 0. The molecule has 14 heteroatoms. The van der Waals surface area contributed by atoms with E-state index in [9.17, 15) is 28.8 Å². The van der Waals surface area contributed by atoms with Gasteiger partial charge >= 0.3 is 0 Å². The maximum atomic E-state index is 13.2. The predicted molar refractivity (Wildman–Crippen MR) is 124 cm³/mol. The Morgan fingerprint density at radius 2 is 1.82 bits per heavy atom. The molecule has 6 amide bonds. The van der Waals surface area contributed by atoms with E-state index in [2.05, 4.69) is 16.0 Å². The van der Waals surface area contributed by atoms with Crippen LogP contribution < -0.4 is 21.7 Å². The van der Waals surface area contributed by atoms with Gasteiger partial charge in [0.1, 0.15) is 30.2 Å². The molecule has 5 N–H and O–H groups in total. The van der Waals surface area contributed by atoms with E-state index >= 15 is 0 Å². The minimum Gasteiger partial charge on any atom is -0.368 e. The Hall–Kier alpha value is -2.48. The van der Waals surface area contributed by atoms with Gasteiger partial charge in [0.2, 0.25) is 35.4 Å². The first-order valence-electron chi connectivity index (χ1n) is 11.3. The van der Waals surface area contributed by atoms with E-state index in [1.54, 1.807) is 4.90 Å². The number of fused-ring (bicyclic) bond motifs is 1. The average molecular weight is 513 g/mol. The van der Waals surface area contributed by atoms with E-state index < -0.39 is 41.9 Å². The Balaban J connectivity index is 1.33. The van der Waals surface area contributed by atoms with E-state index in [0.29, 0.717) is 38.1 Å². The van der Waals surface area contributed by atoms with Gasteiger partial charge in [-0.05, 0) is 25.7 Å². The molecule has 0 aromatic heterocycles. The maximum absolute atomic E-state index is 13.2. The molecule has 4 aliphatic rings. The highest BCUT2D eigenvalue weighted by Gasteiger charge is 2.43. The molecule has 3 unspecified atom stereocenters. The number of primary amides is 1. The topological polar surface area (TPSA) is 171 Å². The number of β-lactam (4-membered cyclic amide) rings is 1. The highest BCUT2D eigenvalue weighted by atomic mass is 33.1. The zero-order valence-electron chi connectivity index (χ0n) is 18.5. The van der Waals surface area contributed by atoms with Crippen molar-refractivity contribution in [3.63, 3.8) is 0 Å². The quantitative estimate of drug-likeness (QED) is 0.152. The third kappa shape index (κ3) is 5.11. The van der Waals surface area contributed by atoms with E-state index in [4.69, 9.17) is 5.73 Å². The van der Waals surface area contributed by atoms with Crippen LogP contribution in [0, 0.1) is 0 Å². The molecule has 0 aromatic carbocycles. The lowest BCUT2D eigenvalue weighted by Gasteiger charge is -2.34. The first kappa shape index (κ1) is 24.6. The van der Waals surface area contributed by atoms with E-state index in [1.165, 1.54) is 26.5 Å². The molecule has 4 heterocycles. The van der Waals surface area contributed by atoms with Gasteiger partial charge in [0.15, 0.2) is 0 Å². The number of nitrogens with zero attached hydrogens (tertiary/aromatic N) is 2. The summed E-state index contributed by atoms with van der Waals surface area (Å²) < 4.78 is 0. The summed E-state index contributed by atoms with van der Waals surface area (Å²) in [7, 11) is 2.61. The maximum Gasteiger partial charge on any atom is 0.246 e. The molecule has 0 aromatic rings. The summed E-state index contributed by atoms with van der Waals surface area (Å²) in [4.78, 5) is 76.5. The van der Waals surface area contributed by atoms with Gasteiger partial charge < -0.3 is 31.5 Å². The Bertz CT molecular complexity index is 895. The second-order valence-corrected chi connectivity index (χ2v) is 11.3. The van der Waals surface area contributed by atoms with Gasteiger partial charge in [-0.2, -0.15) is 0 Å². The van der Waals surface area contributed by atoms with Crippen molar-refractivity contribution in [2.45, 2.75) is 62.3 Å². The fourth-order valence-corrected chi connectivity index (χ4v) is 6.98. The third-order valence-corrected chi connectivity index (χ3v) is 8.95. The Morgan fingerprint density at radius 3 is 2.53 bits per heavy atom. The van der Waals surface area contributed by atoms with Gasteiger partial charge in [-0.1, -0.05) is 21.6 Å². The number of nitrogens with two attached hydrogens (primary N) is 1. The van der Waals surface area contributed by atoms with E-state index in [1.807, 2.05) is 0 Å². The Labute approximate surface area is 204 Å². The zero-order valence-corrected chi connectivity index (χ0v) is 20.1. The van der Waals surface area contributed by atoms with Crippen LogP contribution >= 0.6 is 21.6 Å². The first-order valence-corrected chi connectivity index (χ1v) is 13.8. The summed E-state index contributed by atoms with van der Waals surface area (Å²) in [6.45, 7) is 0.957. The van der Waals surface area contributed by atoms with Crippen molar-refractivity contribution in [3.05, 3.63) is 0 Å². The number of nitrogens with one attached hydrogen (secondary N) is 3. The van der Waals surface area contributed by atoms with Gasteiger partial charge in [-0.25, -0.2) is 0 Å². The molecule has 0 bridgehead atoms. The number of hydrogen-bond acceptors (Lipinski definition) is 8. The zero-order chi connectivity index (χ0) is 24.4. The van der Waals surface area contributed by atoms with E-state index in [-0.39, 0.29) is 35.9 Å². The van der Waals surface area contributed by atoms with Gasteiger partial charge in [-0.15, -0.1) is 0 Å². The number of piperazine rings is 1. The molecule has 5 atom stereocenters. The monoisotopic (exact) mass is 512 g/mol. The van der Waals surface area contributed by atoms with Crippen LogP contribution in [0.2, 0.25) is 0 Å². The predicted octanol–water partition coefficient (Wildman–Crippen LogP) is -2.29. The van der Waals surface area contributed by atoms with Gasteiger partial charge in [-0.3, -0.25) is 28.8 Å². The number of amides is 6. The van der Waals surface area contributed by atoms with Crippen LogP contribution in [-0.4, -0.2) is 100 Å². The Morgan fingerprint density at radius 1 is 1.09 bits per heavy atom. The minimum absolute atomic E-state index is 0.0588. The summed E-state index contributed by atoms with van der Waals surface area (Å²) in [6.07, 6.45) is 2.67. The lowest BCUT2D eigenvalue weighted by molar-refractivity contribution is -0.146. The van der Waals surface area contributed by atoms with Crippen LogP contribution in [0.25, 0.3) is 0 Å². The molecule has 0 aliphatic carbocycles. The Kier molecular flexibility index (Phi) is 7.55. The smallest absolute Gasteiger partial charge is 0.246 e. The number of carbonyl (C=O) groups excluding carboxylic acids is 6. The fraction of sp³-hybridized carbons (Fsp3) is 0.700. The molecule has 34 heavy (non-hydrogen) atoms. The standard InChI is InChI=1S/C20H28N6O6S2/c21-16(28)13-3-1-5-25(13)19(31)11(23-17(29)10-7-15(27)22-10)8-33-34-9-12-20(32)26-6-2-4-14(26)18(30)24-12/h10-14H,1-9H2,(H2,21,28)(H,22,27)(H,23,29)(H,24,30)/t10?,11?,12-,13+,14?/m0/s1.